The molecule has 0 amide bonds. The van der Waals surface area contributed by atoms with Crippen LogP contribution < -0.4 is 0 Å². The van der Waals surface area contributed by atoms with E-state index in [0.29, 0.717) is 5.56 Å². The largest absolute Gasteiger partial charge is 0.298 e. The minimum Gasteiger partial charge on any atom is -0.298 e. The Morgan fingerprint density at radius 1 is 1.46 bits per heavy atom. The van der Waals surface area contributed by atoms with Gasteiger partial charge < -0.3 is 0 Å². The summed E-state index contributed by atoms with van der Waals surface area (Å²) in [6.07, 6.45) is 0.869. The first kappa shape index (κ1) is 9.48. The Balaban J connectivity index is 2.90. The van der Waals surface area contributed by atoms with Gasteiger partial charge in [-0.2, -0.15) is 0 Å². The van der Waals surface area contributed by atoms with Crippen LogP contribution in [0.2, 0.25) is 0 Å². The molecular weight excluding hydrogens is 315 g/mol. The van der Waals surface area contributed by atoms with E-state index in [1.165, 1.54) is 2.88 Å². The molecule has 0 radical (unpaired) electrons. The Bertz CT molecular complexity index is 476. The highest BCUT2D eigenvalue weighted by atomic mass is 127. The third-order valence-corrected chi connectivity index (χ3v) is 4.06. The van der Waals surface area contributed by atoms with Crippen LogP contribution in [0.3, 0.4) is 0 Å². The molecule has 0 atom stereocenters. The van der Waals surface area contributed by atoms with Crippen molar-refractivity contribution < 1.29 is 4.79 Å². The lowest BCUT2D eigenvalue weighted by Gasteiger charge is -1.97. The van der Waals surface area contributed by atoms with Crippen molar-refractivity contribution in [1.82, 2.24) is 0 Å². The van der Waals surface area contributed by atoms with Crippen LogP contribution in [0.15, 0.2) is 23.1 Å². The molecule has 2 aromatic rings. The average molecular weight is 320 g/mol. The van der Waals surface area contributed by atoms with Gasteiger partial charge in [0.1, 0.15) is 0 Å². The maximum Gasteiger partial charge on any atom is 0.151 e. The van der Waals surface area contributed by atoms with Crippen molar-refractivity contribution in [2.24, 2.45) is 0 Å². The van der Waals surface area contributed by atoms with Gasteiger partial charge in [0, 0.05) is 20.5 Å². The molecule has 4 heteroatoms. The fourth-order valence-electron chi connectivity index (χ4n) is 1.21. The number of thiophene rings is 1. The number of rotatable bonds is 1. The van der Waals surface area contributed by atoms with Gasteiger partial charge in [0.2, 0.25) is 0 Å². The van der Waals surface area contributed by atoms with Gasteiger partial charge in [-0.1, -0.05) is 0 Å². The van der Waals surface area contributed by atoms with E-state index >= 15 is 0 Å². The second kappa shape index (κ2) is 3.59. The van der Waals surface area contributed by atoms with Crippen LogP contribution in [0.25, 0.3) is 10.1 Å². The molecule has 0 unspecified atom stereocenters. The molecule has 66 valence electrons. The Hall–Kier alpha value is -0.0700. The molecule has 0 saturated carbocycles. The zero-order chi connectivity index (χ0) is 9.42. The first-order valence-electron chi connectivity index (χ1n) is 3.58. The molecule has 1 aromatic carbocycles. The van der Waals surface area contributed by atoms with Gasteiger partial charge in [-0.15, -0.1) is 24.0 Å². The molecule has 0 aliphatic rings. The number of fused-ring (bicyclic) bond motifs is 1. The molecule has 0 saturated heterocycles. The second-order valence-corrected chi connectivity index (χ2v) is 6.04. The lowest BCUT2D eigenvalue weighted by atomic mass is 10.1. The number of carbonyl (C=O) groups is 1. The van der Waals surface area contributed by atoms with Gasteiger partial charge in [0.15, 0.2) is 6.29 Å². The third-order valence-electron chi connectivity index (χ3n) is 1.81. The smallest absolute Gasteiger partial charge is 0.151 e. The van der Waals surface area contributed by atoms with Crippen molar-refractivity contribution in [2.75, 3.05) is 0 Å². The standard InChI is InChI=1S/C9H5IOS2/c10-9-3-5-6(4-11)7(12)1-2-8(5)13-9/h1-4,12H. The van der Waals surface area contributed by atoms with Gasteiger partial charge in [0.25, 0.3) is 0 Å². The van der Waals surface area contributed by atoms with Crippen molar-refractivity contribution in [3.8, 4) is 0 Å². The summed E-state index contributed by atoms with van der Waals surface area (Å²) in [7, 11) is 0. The number of aldehydes is 1. The number of carbonyl (C=O) groups excluding carboxylic acids is 1. The molecular formula is C9H5IOS2. The van der Waals surface area contributed by atoms with E-state index in [-0.39, 0.29) is 0 Å². The minimum absolute atomic E-state index is 0.694. The van der Waals surface area contributed by atoms with Crippen LogP contribution in [0.5, 0.6) is 0 Å². The SMILES string of the molecule is O=Cc1c(S)ccc2sc(I)cc12. The summed E-state index contributed by atoms with van der Waals surface area (Å²) in [6.45, 7) is 0. The Morgan fingerprint density at radius 2 is 2.23 bits per heavy atom. The van der Waals surface area contributed by atoms with Crippen molar-refractivity contribution in [1.29, 1.82) is 0 Å². The summed E-state index contributed by atoms with van der Waals surface area (Å²) in [5, 5.41) is 1.01. The normalized spacial score (nSPS) is 10.6. The van der Waals surface area contributed by atoms with E-state index in [0.717, 1.165) is 21.3 Å². The minimum atomic E-state index is 0.694. The topological polar surface area (TPSA) is 17.1 Å². The van der Waals surface area contributed by atoms with Gasteiger partial charge in [0.05, 0.1) is 2.88 Å². The fourth-order valence-corrected chi connectivity index (χ4v) is 3.29. The molecule has 0 aliphatic heterocycles. The molecule has 2 rings (SSSR count). The number of thiol groups is 1. The van der Waals surface area contributed by atoms with Crippen LogP contribution in [-0.4, -0.2) is 6.29 Å². The predicted octanol–water partition coefficient (Wildman–Crippen LogP) is 3.61. The first-order valence-corrected chi connectivity index (χ1v) is 5.93. The van der Waals surface area contributed by atoms with Crippen LogP contribution >= 0.6 is 46.6 Å². The number of halogens is 1. The van der Waals surface area contributed by atoms with Crippen molar-refractivity contribution >= 4 is 62.9 Å². The van der Waals surface area contributed by atoms with Gasteiger partial charge >= 0.3 is 0 Å². The first-order chi connectivity index (χ1) is 6.22. The molecule has 1 nitrogen and oxygen atoms in total. The number of benzene rings is 1. The van der Waals surface area contributed by atoms with Crippen LogP contribution in [0, 0.1) is 2.88 Å². The number of hydrogen-bond acceptors (Lipinski definition) is 3. The molecule has 0 N–H and O–H groups in total. The van der Waals surface area contributed by atoms with Gasteiger partial charge in [-0.25, -0.2) is 0 Å². The monoisotopic (exact) mass is 320 g/mol. The third kappa shape index (κ3) is 1.62. The van der Waals surface area contributed by atoms with Crippen molar-refractivity contribution in [2.45, 2.75) is 4.90 Å². The van der Waals surface area contributed by atoms with Crippen LogP contribution in [0.4, 0.5) is 0 Å². The Labute approximate surface area is 98.7 Å². The molecule has 0 spiro atoms. The zero-order valence-corrected chi connectivity index (χ0v) is 10.3. The van der Waals surface area contributed by atoms with Gasteiger partial charge in [-0.3, -0.25) is 4.79 Å². The van der Waals surface area contributed by atoms with Crippen molar-refractivity contribution in [3.63, 3.8) is 0 Å². The molecule has 0 fully saturated rings. The summed E-state index contributed by atoms with van der Waals surface area (Å²) in [5.41, 5.74) is 0.694. The summed E-state index contributed by atoms with van der Waals surface area (Å²) in [4.78, 5) is 11.6. The zero-order valence-electron chi connectivity index (χ0n) is 6.45. The molecule has 1 heterocycles. The highest BCUT2D eigenvalue weighted by Gasteiger charge is 2.06. The van der Waals surface area contributed by atoms with E-state index in [4.69, 9.17) is 0 Å². The van der Waals surface area contributed by atoms with Crippen LogP contribution in [-0.2, 0) is 0 Å². The highest BCUT2D eigenvalue weighted by Crippen LogP contribution is 2.31. The van der Waals surface area contributed by atoms with Gasteiger partial charge in [-0.05, 0) is 40.8 Å². The summed E-state index contributed by atoms with van der Waals surface area (Å²) in [6, 6.07) is 5.88. The quantitative estimate of drug-likeness (QED) is 0.483. The molecule has 1 aromatic heterocycles. The van der Waals surface area contributed by atoms with E-state index in [1.54, 1.807) is 11.3 Å². The lowest BCUT2D eigenvalue weighted by molar-refractivity contribution is 0.112. The van der Waals surface area contributed by atoms with Crippen LogP contribution in [0.1, 0.15) is 10.4 Å². The van der Waals surface area contributed by atoms with E-state index in [9.17, 15) is 4.79 Å². The lowest BCUT2D eigenvalue weighted by Crippen LogP contribution is -1.82. The van der Waals surface area contributed by atoms with E-state index in [1.807, 2.05) is 18.2 Å². The molecule has 0 bridgehead atoms. The average Bonchev–Trinajstić information content (AvgIpc) is 2.45. The summed E-state index contributed by atoms with van der Waals surface area (Å²) < 4.78 is 2.33. The van der Waals surface area contributed by atoms with E-state index in [2.05, 4.69) is 35.2 Å². The molecule has 13 heavy (non-hydrogen) atoms. The Morgan fingerprint density at radius 3 is 2.92 bits per heavy atom. The highest BCUT2D eigenvalue weighted by molar-refractivity contribution is 14.1. The maximum atomic E-state index is 10.8. The predicted molar refractivity (Wildman–Crippen MR) is 67.2 cm³/mol. The Kier molecular flexibility index (Phi) is 2.62. The summed E-state index contributed by atoms with van der Waals surface area (Å²) >= 11 is 8.17. The second-order valence-electron chi connectivity index (χ2n) is 2.58. The van der Waals surface area contributed by atoms with E-state index < -0.39 is 0 Å². The van der Waals surface area contributed by atoms with Crippen molar-refractivity contribution in [3.05, 3.63) is 26.6 Å². The summed E-state index contributed by atoms with van der Waals surface area (Å²) in [5.74, 6) is 0. The maximum absolute atomic E-state index is 10.8. The molecule has 0 aliphatic carbocycles. The number of hydrogen-bond donors (Lipinski definition) is 1. The fraction of sp³-hybridized carbons (Fsp3) is 0.